The van der Waals surface area contributed by atoms with E-state index in [1.165, 1.54) is 19.1 Å². The van der Waals surface area contributed by atoms with Gasteiger partial charge < -0.3 is 11.1 Å². The molecule has 0 saturated heterocycles. The Morgan fingerprint density at radius 2 is 2.00 bits per heavy atom. The highest BCUT2D eigenvalue weighted by atomic mass is 35.5. The summed E-state index contributed by atoms with van der Waals surface area (Å²) < 4.78 is 27.2. The lowest BCUT2D eigenvalue weighted by molar-refractivity contribution is 0.584. The van der Waals surface area contributed by atoms with Crippen LogP contribution in [0.15, 0.2) is 18.2 Å². The molecule has 4 nitrogen and oxygen atoms in total. The summed E-state index contributed by atoms with van der Waals surface area (Å²) >= 11 is 5.67. The molecule has 0 radical (unpaired) electrons. The normalized spacial score (nSPS) is 10.4. The van der Waals surface area contributed by atoms with Crippen molar-refractivity contribution in [3.05, 3.63) is 40.6 Å². The Hall–Kier alpha value is -1.95. The van der Waals surface area contributed by atoms with Crippen LogP contribution < -0.4 is 11.1 Å². The maximum Gasteiger partial charge on any atom is 0.223 e. The van der Waals surface area contributed by atoms with Crippen LogP contribution >= 0.6 is 11.6 Å². The minimum Gasteiger partial charge on any atom is -0.368 e. The SMILES string of the molecule is Cc1ccc(F)c(Nc2cc(Cl)nc(N)n2)c1F. The number of nitrogens with zero attached hydrogens (tertiary/aromatic N) is 2. The number of nitrogens with one attached hydrogen (secondary N) is 1. The van der Waals surface area contributed by atoms with Gasteiger partial charge in [-0.1, -0.05) is 17.7 Å². The van der Waals surface area contributed by atoms with Crippen molar-refractivity contribution in [2.45, 2.75) is 6.92 Å². The molecule has 0 fully saturated rings. The summed E-state index contributed by atoms with van der Waals surface area (Å²) in [6.45, 7) is 1.53. The molecule has 0 aliphatic heterocycles. The van der Waals surface area contributed by atoms with Crippen molar-refractivity contribution in [2.24, 2.45) is 0 Å². The first-order valence-corrected chi connectivity index (χ1v) is 5.37. The summed E-state index contributed by atoms with van der Waals surface area (Å²) in [4.78, 5) is 7.42. The van der Waals surface area contributed by atoms with Gasteiger partial charge in [-0.2, -0.15) is 4.98 Å². The molecule has 94 valence electrons. The fourth-order valence-corrected chi connectivity index (χ4v) is 1.59. The quantitative estimate of drug-likeness (QED) is 0.823. The summed E-state index contributed by atoms with van der Waals surface area (Å²) in [5.41, 5.74) is 5.40. The number of hydrogen-bond donors (Lipinski definition) is 2. The molecule has 0 spiro atoms. The highest BCUT2D eigenvalue weighted by Crippen LogP contribution is 2.25. The third-order valence-electron chi connectivity index (χ3n) is 2.25. The standard InChI is InChI=1S/C11H9ClF2N4/c1-5-2-3-6(13)10(9(5)14)17-8-4-7(12)16-11(15)18-8/h2-4H,1H3,(H3,15,16,17,18). The minimum atomic E-state index is -0.730. The fraction of sp³-hybridized carbons (Fsp3) is 0.0909. The van der Waals surface area contributed by atoms with Crippen molar-refractivity contribution in [1.82, 2.24) is 9.97 Å². The molecule has 1 aromatic carbocycles. The van der Waals surface area contributed by atoms with Gasteiger partial charge >= 0.3 is 0 Å². The summed E-state index contributed by atoms with van der Waals surface area (Å²) in [5, 5.41) is 2.58. The predicted molar refractivity (Wildman–Crippen MR) is 65.8 cm³/mol. The number of nitrogen functional groups attached to an aromatic ring is 1. The molecule has 2 aromatic rings. The molecule has 0 aliphatic rings. The first-order valence-electron chi connectivity index (χ1n) is 4.99. The summed E-state index contributed by atoms with van der Waals surface area (Å²) in [6, 6.07) is 3.82. The molecule has 0 amide bonds. The number of rotatable bonds is 2. The van der Waals surface area contributed by atoms with Crippen LogP contribution in [0, 0.1) is 18.6 Å². The molecule has 0 atom stereocenters. The second-order valence-electron chi connectivity index (χ2n) is 3.61. The van der Waals surface area contributed by atoms with E-state index < -0.39 is 11.6 Å². The third-order valence-corrected chi connectivity index (χ3v) is 2.44. The molecule has 3 N–H and O–H groups in total. The third kappa shape index (κ3) is 2.48. The zero-order valence-corrected chi connectivity index (χ0v) is 10.1. The zero-order chi connectivity index (χ0) is 13.3. The summed E-state index contributed by atoms with van der Waals surface area (Å²) in [6.07, 6.45) is 0. The lowest BCUT2D eigenvalue weighted by Crippen LogP contribution is -2.03. The number of halogens is 3. The largest absolute Gasteiger partial charge is 0.368 e. The Balaban J connectivity index is 2.42. The molecule has 1 heterocycles. The van der Waals surface area contributed by atoms with Crippen LogP contribution in [-0.2, 0) is 0 Å². The van der Waals surface area contributed by atoms with Crippen LogP contribution in [0.4, 0.5) is 26.2 Å². The fourth-order valence-electron chi connectivity index (χ4n) is 1.40. The van der Waals surface area contributed by atoms with Gasteiger partial charge in [0, 0.05) is 6.07 Å². The maximum absolute atomic E-state index is 13.7. The van der Waals surface area contributed by atoms with E-state index in [0.717, 1.165) is 6.07 Å². The monoisotopic (exact) mass is 270 g/mol. The number of benzene rings is 1. The lowest BCUT2D eigenvalue weighted by atomic mass is 10.2. The molecular formula is C11H9ClF2N4. The number of nitrogens with two attached hydrogens (primary N) is 1. The number of aryl methyl sites for hydroxylation is 1. The average Bonchev–Trinajstić information content (AvgIpc) is 2.28. The van der Waals surface area contributed by atoms with Gasteiger partial charge in [0.25, 0.3) is 0 Å². The van der Waals surface area contributed by atoms with E-state index in [0.29, 0.717) is 5.56 Å². The van der Waals surface area contributed by atoms with Gasteiger partial charge in [-0.25, -0.2) is 13.8 Å². The first kappa shape index (κ1) is 12.5. The van der Waals surface area contributed by atoms with Crippen LogP contribution in [0.1, 0.15) is 5.56 Å². The lowest BCUT2D eigenvalue weighted by Gasteiger charge is -2.10. The predicted octanol–water partition coefficient (Wildman–Crippen LogP) is 3.04. The molecule has 0 unspecified atom stereocenters. The van der Waals surface area contributed by atoms with E-state index in [2.05, 4.69) is 15.3 Å². The Morgan fingerprint density at radius 3 is 2.67 bits per heavy atom. The number of hydrogen-bond acceptors (Lipinski definition) is 4. The van der Waals surface area contributed by atoms with Gasteiger partial charge in [-0.3, -0.25) is 0 Å². The van der Waals surface area contributed by atoms with Gasteiger partial charge in [0.15, 0.2) is 5.82 Å². The molecule has 7 heteroatoms. The van der Waals surface area contributed by atoms with Crippen LogP contribution in [0.5, 0.6) is 0 Å². The van der Waals surface area contributed by atoms with Crippen molar-refractivity contribution in [2.75, 3.05) is 11.1 Å². The smallest absolute Gasteiger partial charge is 0.223 e. The maximum atomic E-state index is 13.7. The Bertz CT molecular complexity index is 584. The van der Waals surface area contributed by atoms with Crippen LogP contribution in [0.25, 0.3) is 0 Å². The molecular weight excluding hydrogens is 262 g/mol. The van der Waals surface area contributed by atoms with Crippen LogP contribution in [0.2, 0.25) is 5.15 Å². The Morgan fingerprint density at radius 1 is 1.28 bits per heavy atom. The molecule has 2 rings (SSSR count). The van der Waals surface area contributed by atoms with Gasteiger partial charge in [-0.05, 0) is 18.6 Å². The highest BCUT2D eigenvalue weighted by molar-refractivity contribution is 6.29. The van der Waals surface area contributed by atoms with Gasteiger partial charge in [0.1, 0.15) is 22.5 Å². The second kappa shape index (κ2) is 4.73. The highest BCUT2D eigenvalue weighted by Gasteiger charge is 2.12. The Kier molecular flexibility index (Phi) is 3.29. The van der Waals surface area contributed by atoms with E-state index in [9.17, 15) is 8.78 Å². The second-order valence-corrected chi connectivity index (χ2v) is 4.00. The summed E-state index contributed by atoms with van der Waals surface area (Å²) in [5.74, 6) is -1.39. The number of aromatic nitrogens is 2. The van der Waals surface area contributed by atoms with Crippen molar-refractivity contribution < 1.29 is 8.78 Å². The van der Waals surface area contributed by atoms with Gasteiger partial charge in [0.2, 0.25) is 5.95 Å². The molecule has 0 bridgehead atoms. The topological polar surface area (TPSA) is 63.8 Å². The van der Waals surface area contributed by atoms with Crippen molar-refractivity contribution in [3.8, 4) is 0 Å². The first-order chi connectivity index (χ1) is 8.47. The molecule has 1 aromatic heterocycles. The van der Waals surface area contributed by atoms with E-state index in [-0.39, 0.29) is 22.6 Å². The number of anilines is 3. The van der Waals surface area contributed by atoms with Crippen LogP contribution in [-0.4, -0.2) is 9.97 Å². The average molecular weight is 271 g/mol. The van der Waals surface area contributed by atoms with E-state index in [1.54, 1.807) is 0 Å². The van der Waals surface area contributed by atoms with Crippen molar-refractivity contribution in [1.29, 1.82) is 0 Å². The van der Waals surface area contributed by atoms with E-state index >= 15 is 0 Å². The van der Waals surface area contributed by atoms with Crippen molar-refractivity contribution in [3.63, 3.8) is 0 Å². The van der Waals surface area contributed by atoms with E-state index in [4.69, 9.17) is 17.3 Å². The van der Waals surface area contributed by atoms with Gasteiger partial charge in [0.05, 0.1) is 0 Å². The van der Waals surface area contributed by atoms with Crippen LogP contribution in [0.3, 0.4) is 0 Å². The zero-order valence-electron chi connectivity index (χ0n) is 9.34. The molecule has 18 heavy (non-hydrogen) atoms. The molecule has 0 aliphatic carbocycles. The van der Waals surface area contributed by atoms with Crippen molar-refractivity contribution >= 4 is 29.1 Å². The molecule has 0 saturated carbocycles. The van der Waals surface area contributed by atoms with E-state index in [1.807, 2.05) is 0 Å². The Labute approximate surface area is 107 Å². The summed E-state index contributed by atoms with van der Waals surface area (Å²) in [7, 11) is 0. The van der Waals surface area contributed by atoms with Gasteiger partial charge in [-0.15, -0.1) is 0 Å². The minimum absolute atomic E-state index is 0.0819.